The van der Waals surface area contributed by atoms with E-state index in [9.17, 15) is 22.4 Å². The van der Waals surface area contributed by atoms with E-state index in [2.05, 4.69) is 30.6 Å². The van der Waals surface area contributed by atoms with Crippen molar-refractivity contribution in [3.05, 3.63) is 34.2 Å². The van der Waals surface area contributed by atoms with Crippen LogP contribution in [-0.2, 0) is 10.9 Å². The third kappa shape index (κ3) is 3.20. The number of imidazole rings is 1. The highest BCUT2D eigenvalue weighted by Crippen LogP contribution is 2.35. The fraction of sp³-hybridized carbons (Fsp3) is 0.182. The van der Waals surface area contributed by atoms with Gasteiger partial charge < -0.3 is 9.72 Å². The third-order valence-electron chi connectivity index (χ3n) is 2.38. The van der Waals surface area contributed by atoms with Crippen LogP contribution in [0.4, 0.5) is 17.6 Å². The molecule has 0 amide bonds. The summed E-state index contributed by atoms with van der Waals surface area (Å²) in [6.45, 7) is -1.36. The van der Waals surface area contributed by atoms with E-state index in [1.54, 1.807) is 0 Å². The SMILES string of the molecule is O=C(OCF)c1cccnc1-c1nc(Br)c(C(F)(F)F)[nH]1. The third-order valence-corrected chi connectivity index (χ3v) is 2.95. The maximum absolute atomic E-state index is 12.7. The van der Waals surface area contributed by atoms with Crippen LogP contribution in [-0.4, -0.2) is 27.8 Å². The van der Waals surface area contributed by atoms with Gasteiger partial charge >= 0.3 is 12.1 Å². The number of rotatable bonds is 3. The first-order valence-corrected chi connectivity index (χ1v) is 6.15. The van der Waals surface area contributed by atoms with Gasteiger partial charge in [0, 0.05) is 6.20 Å². The Balaban J connectivity index is 2.51. The zero-order valence-corrected chi connectivity index (χ0v) is 11.6. The molecule has 0 aliphatic heterocycles. The Morgan fingerprint density at radius 1 is 1.43 bits per heavy atom. The molecule has 0 aliphatic carbocycles. The van der Waals surface area contributed by atoms with Crippen molar-refractivity contribution in [1.82, 2.24) is 15.0 Å². The van der Waals surface area contributed by atoms with Crippen LogP contribution < -0.4 is 0 Å². The Hall–Kier alpha value is -1.97. The number of hydrogen-bond acceptors (Lipinski definition) is 4. The van der Waals surface area contributed by atoms with Crippen LogP contribution in [0.5, 0.6) is 0 Å². The number of nitrogens with one attached hydrogen (secondary N) is 1. The fourth-order valence-electron chi connectivity index (χ4n) is 1.54. The predicted molar refractivity (Wildman–Crippen MR) is 65.9 cm³/mol. The van der Waals surface area contributed by atoms with Gasteiger partial charge in [0.25, 0.3) is 0 Å². The lowest BCUT2D eigenvalue weighted by Gasteiger charge is -2.05. The molecular formula is C11H6BrF4N3O2. The number of carbonyl (C=O) groups excluding carboxylic acids is 1. The molecule has 0 aliphatic rings. The van der Waals surface area contributed by atoms with E-state index < -0.39 is 29.3 Å². The molecule has 0 aromatic carbocycles. The number of ether oxygens (including phenoxy) is 1. The van der Waals surface area contributed by atoms with E-state index in [0.717, 1.165) is 0 Å². The van der Waals surface area contributed by atoms with Crippen LogP contribution in [0.3, 0.4) is 0 Å². The number of pyridine rings is 1. The van der Waals surface area contributed by atoms with Crippen molar-refractivity contribution >= 4 is 21.9 Å². The Morgan fingerprint density at radius 3 is 2.71 bits per heavy atom. The summed E-state index contributed by atoms with van der Waals surface area (Å²) in [4.78, 5) is 21.0. The quantitative estimate of drug-likeness (QED) is 0.667. The average Bonchev–Trinajstić information content (AvgIpc) is 2.81. The van der Waals surface area contributed by atoms with Crippen molar-refractivity contribution in [2.75, 3.05) is 6.86 Å². The molecule has 0 saturated heterocycles. The number of carbonyl (C=O) groups is 1. The van der Waals surface area contributed by atoms with Gasteiger partial charge in [-0.1, -0.05) is 0 Å². The van der Waals surface area contributed by atoms with Crippen LogP contribution in [0.25, 0.3) is 11.5 Å². The number of nitrogens with zero attached hydrogens (tertiary/aromatic N) is 2. The van der Waals surface area contributed by atoms with Gasteiger partial charge in [-0.3, -0.25) is 4.98 Å². The second kappa shape index (κ2) is 5.80. The summed E-state index contributed by atoms with van der Waals surface area (Å²) in [6, 6.07) is 2.60. The van der Waals surface area contributed by atoms with Crippen molar-refractivity contribution < 1.29 is 27.1 Å². The summed E-state index contributed by atoms with van der Waals surface area (Å²) in [6.07, 6.45) is -3.40. The highest BCUT2D eigenvalue weighted by Gasteiger charge is 2.36. The molecule has 5 nitrogen and oxygen atoms in total. The molecule has 10 heteroatoms. The molecule has 2 heterocycles. The summed E-state index contributed by atoms with van der Waals surface area (Å²) in [5.41, 5.74) is -1.50. The highest BCUT2D eigenvalue weighted by molar-refractivity contribution is 9.10. The summed E-state index contributed by atoms with van der Waals surface area (Å²) < 4.78 is 53.8. The largest absolute Gasteiger partial charge is 0.433 e. The molecule has 2 aromatic heterocycles. The minimum absolute atomic E-state index is 0.174. The molecule has 2 aromatic rings. The molecule has 0 saturated carbocycles. The number of halogens is 5. The number of hydrogen-bond donors (Lipinski definition) is 1. The molecular weight excluding hydrogens is 362 g/mol. The molecule has 0 unspecified atom stereocenters. The Morgan fingerprint density at radius 2 is 2.14 bits per heavy atom. The summed E-state index contributed by atoms with van der Waals surface area (Å²) in [5, 5.41) is 0. The average molecular weight is 368 g/mol. The number of esters is 1. The zero-order chi connectivity index (χ0) is 15.6. The number of aromatic nitrogens is 3. The summed E-state index contributed by atoms with van der Waals surface area (Å²) in [5.74, 6) is -1.35. The topological polar surface area (TPSA) is 67.9 Å². The maximum atomic E-state index is 12.7. The van der Waals surface area contributed by atoms with Gasteiger partial charge in [0.2, 0.25) is 6.86 Å². The molecule has 0 atom stereocenters. The van der Waals surface area contributed by atoms with E-state index in [-0.39, 0.29) is 17.1 Å². The van der Waals surface area contributed by atoms with Crippen LogP contribution >= 0.6 is 15.9 Å². The van der Waals surface area contributed by atoms with Gasteiger partial charge in [0.15, 0.2) is 11.5 Å². The summed E-state index contributed by atoms with van der Waals surface area (Å²) in [7, 11) is 0. The first-order valence-electron chi connectivity index (χ1n) is 5.35. The van der Waals surface area contributed by atoms with Crippen LogP contribution in [0, 0.1) is 0 Å². The monoisotopic (exact) mass is 367 g/mol. The molecule has 21 heavy (non-hydrogen) atoms. The molecule has 112 valence electrons. The fourth-order valence-corrected chi connectivity index (χ4v) is 2.04. The molecule has 1 N–H and O–H groups in total. The van der Waals surface area contributed by atoms with Crippen molar-refractivity contribution in [3.63, 3.8) is 0 Å². The molecule has 2 rings (SSSR count). The molecule has 0 fully saturated rings. The van der Waals surface area contributed by atoms with Crippen molar-refractivity contribution in [2.24, 2.45) is 0 Å². The normalized spacial score (nSPS) is 11.5. The van der Waals surface area contributed by atoms with Gasteiger partial charge in [-0.15, -0.1) is 0 Å². The van der Waals surface area contributed by atoms with Crippen molar-refractivity contribution in [1.29, 1.82) is 0 Å². The van der Waals surface area contributed by atoms with Crippen molar-refractivity contribution in [3.8, 4) is 11.5 Å². The Kier molecular flexibility index (Phi) is 4.26. The second-order valence-electron chi connectivity index (χ2n) is 3.69. The van der Waals surface area contributed by atoms with Gasteiger partial charge in [-0.05, 0) is 28.1 Å². The smallest absolute Gasteiger partial charge is 0.430 e. The van der Waals surface area contributed by atoms with E-state index in [4.69, 9.17) is 0 Å². The first kappa shape index (κ1) is 15.4. The minimum atomic E-state index is -4.65. The van der Waals surface area contributed by atoms with Gasteiger partial charge in [0.1, 0.15) is 10.3 Å². The van der Waals surface area contributed by atoms with E-state index in [0.29, 0.717) is 0 Å². The number of aromatic amines is 1. The number of H-pyrrole nitrogens is 1. The number of alkyl halides is 4. The molecule has 0 spiro atoms. The molecule has 0 radical (unpaired) electrons. The standard InChI is InChI=1S/C11H6BrF4N3O2/c12-8-7(11(14,15)16)18-9(19-8)6-5(2-1-3-17-6)10(20)21-4-13/h1-3H,4H2,(H,18,19). The van der Waals surface area contributed by atoms with Gasteiger partial charge in [-0.2, -0.15) is 13.2 Å². The van der Waals surface area contributed by atoms with Crippen LogP contribution in [0.15, 0.2) is 22.9 Å². The summed E-state index contributed by atoms with van der Waals surface area (Å²) >= 11 is 2.68. The Bertz CT molecular complexity index is 672. The highest BCUT2D eigenvalue weighted by atomic mass is 79.9. The van der Waals surface area contributed by atoms with Gasteiger partial charge in [-0.25, -0.2) is 14.2 Å². The first-order chi connectivity index (χ1) is 9.84. The van der Waals surface area contributed by atoms with Crippen LogP contribution in [0.1, 0.15) is 16.1 Å². The Labute approximate surface area is 123 Å². The van der Waals surface area contributed by atoms with Gasteiger partial charge in [0.05, 0.1) is 5.56 Å². The predicted octanol–water partition coefficient (Wildman–Crippen LogP) is 3.34. The van der Waals surface area contributed by atoms with E-state index >= 15 is 0 Å². The lowest BCUT2D eigenvalue weighted by molar-refractivity contribution is -0.141. The maximum Gasteiger partial charge on any atom is 0.433 e. The van der Waals surface area contributed by atoms with Crippen LogP contribution in [0.2, 0.25) is 0 Å². The second-order valence-corrected chi connectivity index (χ2v) is 4.44. The molecule has 0 bridgehead atoms. The van der Waals surface area contributed by atoms with E-state index in [1.165, 1.54) is 18.3 Å². The lowest BCUT2D eigenvalue weighted by Crippen LogP contribution is -2.08. The minimum Gasteiger partial charge on any atom is -0.430 e. The zero-order valence-electron chi connectivity index (χ0n) is 10.0. The lowest BCUT2D eigenvalue weighted by atomic mass is 10.2. The van der Waals surface area contributed by atoms with E-state index in [1.807, 2.05) is 4.98 Å². The van der Waals surface area contributed by atoms with Crippen molar-refractivity contribution in [2.45, 2.75) is 6.18 Å².